The lowest BCUT2D eigenvalue weighted by atomic mass is 9.74. The quantitative estimate of drug-likeness (QED) is 0.561. The van der Waals surface area contributed by atoms with Gasteiger partial charge in [0.1, 0.15) is 5.82 Å². The molecule has 1 aromatic heterocycles. The number of carbonyl (C=O) groups is 1. The highest BCUT2D eigenvalue weighted by Gasteiger charge is 2.36. The number of halogens is 1. The van der Waals surface area contributed by atoms with Crippen molar-refractivity contribution in [3.05, 3.63) is 71.3 Å². The van der Waals surface area contributed by atoms with Crippen molar-refractivity contribution in [2.75, 3.05) is 14.2 Å². The molecule has 0 saturated carbocycles. The van der Waals surface area contributed by atoms with Gasteiger partial charge in [-0.3, -0.25) is 4.79 Å². The van der Waals surface area contributed by atoms with Crippen LogP contribution in [-0.4, -0.2) is 29.9 Å². The molecule has 1 aliphatic carbocycles. The highest BCUT2D eigenvalue weighted by molar-refractivity contribution is 5.77. The maximum atomic E-state index is 13.8. The van der Waals surface area contributed by atoms with E-state index < -0.39 is 0 Å². The monoisotopic (exact) mass is 451 g/mol. The van der Waals surface area contributed by atoms with Crippen molar-refractivity contribution in [2.45, 2.75) is 45.6 Å². The summed E-state index contributed by atoms with van der Waals surface area (Å²) >= 11 is 0. The lowest BCUT2D eigenvalue weighted by molar-refractivity contribution is -0.122. The number of amides is 1. The van der Waals surface area contributed by atoms with Gasteiger partial charge in [0, 0.05) is 12.0 Å². The SMILES string of the molecule is COc1ccc(CCC(=O)NC2CC(C)(C)Cc3c2cnn3-c2cccc(F)c2)cc1OC. The summed E-state index contributed by atoms with van der Waals surface area (Å²) in [4.78, 5) is 12.9. The molecule has 1 heterocycles. The van der Waals surface area contributed by atoms with E-state index in [9.17, 15) is 9.18 Å². The fraction of sp³-hybridized carbons (Fsp3) is 0.385. The van der Waals surface area contributed by atoms with Gasteiger partial charge >= 0.3 is 0 Å². The normalized spacial score (nSPS) is 16.7. The molecule has 0 fully saturated rings. The molecule has 1 N–H and O–H groups in total. The molecule has 0 aliphatic heterocycles. The molecule has 33 heavy (non-hydrogen) atoms. The Hall–Kier alpha value is -3.35. The number of carbonyl (C=O) groups excluding carboxylic acids is 1. The van der Waals surface area contributed by atoms with E-state index >= 15 is 0 Å². The van der Waals surface area contributed by atoms with Crippen molar-refractivity contribution in [1.29, 1.82) is 0 Å². The zero-order valence-electron chi connectivity index (χ0n) is 19.5. The smallest absolute Gasteiger partial charge is 0.220 e. The van der Waals surface area contributed by atoms with Gasteiger partial charge in [0.25, 0.3) is 0 Å². The Bertz CT molecular complexity index is 1160. The molecule has 1 unspecified atom stereocenters. The third-order valence-electron chi connectivity index (χ3n) is 6.16. The summed E-state index contributed by atoms with van der Waals surface area (Å²) in [6.45, 7) is 4.36. The molecule has 1 amide bonds. The van der Waals surface area contributed by atoms with E-state index in [1.165, 1.54) is 12.1 Å². The van der Waals surface area contributed by atoms with Gasteiger partial charge in [-0.05, 0) is 60.6 Å². The van der Waals surface area contributed by atoms with Crippen LogP contribution in [0.1, 0.15) is 49.6 Å². The molecule has 0 saturated heterocycles. The second-order valence-electron chi connectivity index (χ2n) is 9.29. The minimum Gasteiger partial charge on any atom is -0.493 e. The van der Waals surface area contributed by atoms with Crippen LogP contribution in [-0.2, 0) is 17.6 Å². The third-order valence-corrected chi connectivity index (χ3v) is 6.16. The zero-order valence-corrected chi connectivity index (χ0v) is 19.5. The van der Waals surface area contributed by atoms with Crippen LogP contribution < -0.4 is 14.8 Å². The number of aromatic nitrogens is 2. The Labute approximate surface area is 193 Å². The van der Waals surface area contributed by atoms with E-state index in [4.69, 9.17) is 9.47 Å². The lowest BCUT2D eigenvalue weighted by Gasteiger charge is -2.36. The summed E-state index contributed by atoms with van der Waals surface area (Å²) in [5.41, 5.74) is 3.68. The van der Waals surface area contributed by atoms with Crippen molar-refractivity contribution in [1.82, 2.24) is 15.1 Å². The maximum absolute atomic E-state index is 13.8. The minimum absolute atomic E-state index is 0.0167. The Balaban J connectivity index is 1.49. The van der Waals surface area contributed by atoms with Crippen molar-refractivity contribution in [3.8, 4) is 17.2 Å². The first-order valence-corrected chi connectivity index (χ1v) is 11.1. The van der Waals surface area contributed by atoms with Gasteiger partial charge in [0.2, 0.25) is 5.91 Å². The number of rotatable bonds is 7. The van der Waals surface area contributed by atoms with Crippen LogP contribution in [0.5, 0.6) is 11.5 Å². The average Bonchev–Trinajstić information content (AvgIpc) is 3.20. The number of aryl methyl sites for hydroxylation is 1. The van der Waals surface area contributed by atoms with Crippen LogP contribution in [0.4, 0.5) is 4.39 Å². The van der Waals surface area contributed by atoms with Crippen molar-refractivity contribution in [3.63, 3.8) is 0 Å². The summed E-state index contributed by atoms with van der Waals surface area (Å²) in [7, 11) is 3.20. The van der Waals surface area contributed by atoms with Crippen molar-refractivity contribution < 1.29 is 18.7 Å². The van der Waals surface area contributed by atoms with Gasteiger partial charge in [-0.25, -0.2) is 9.07 Å². The molecule has 1 aliphatic rings. The average molecular weight is 452 g/mol. The molecule has 174 valence electrons. The fourth-order valence-electron chi connectivity index (χ4n) is 4.56. The summed E-state index contributed by atoms with van der Waals surface area (Å²) in [5, 5.41) is 7.74. The van der Waals surface area contributed by atoms with Crippen LogP contribution >= 0.6 is 0 Å². The molecule has 1 atom stereocenters. The highest BCUT2D eigenvalue weighted by atomic mass is 19.1. The maximum Gasteiger partial charge on any atom is 0.220 e. The number of fused-ring (bicyclic) bond motifs is 1. The predicted octanol–water partition coefficient (Wildman–Crippen LogP) is 4.79. The molecule has 0 bridgehead atoms. The number of ether oxygens (including phenoxy) is 2. The van der Waals surface area contributed by atoms with Gasteiger partial charge in [-0.15, -0.1) is 0 Å². The molecule has 2 aromatic carbocycles. The summed E-state index contributed by atoms with van der Waals surface area (Å²) in [6, 6.07) is 12.0. The molecule has 0 radical (unpaired) electrons. The first kappa shape index (κ1) is 22.8. The predicted molar refractivity (Wildman–Crippen MR) is 124 cm³/mol. The van der Waals surface area contributed by atoms with Crippen molar-refractivity contribution in [2.24, 2.45) is 5.41 Å². The number of benzene rings is 2. The minimum atomic E-state index is -0.299. The first-order valence-electron chi connectivity index (χ1n) is 11.1. The van der Waals surface area contributed by atoms with Crippen LogP contribution in [0, 0.1) is 11.2 Å². The van der Waals surface area contributed by atoms with E-state index in [0.717, 1.165) is 29.7 Å². The molecule has 4 rings (SSSR count). The largest absolute Gasteiger partial charge is 0.493 e. The van der Waals surface area contributed by atoms with E-state index in [-0.39, 0.29) is 23.2 Å². The van der Waals surface area contributed by atoms with E-state index in [2.05, 4.69) is 24.3 Å². The molecule has 0 spiro atoms. The van der Waals surface area contributed by atoms with E-state index in [1.807, 2.05) is 24.3 Å². The van der Waals surface area contributed by atoms with E-state index in [1.54, 1.807) is 31.2 Å². The highest BCUT2D eigenvalue weighted by Crippen LogP contribution is 2.41. The molecular weight excluding hydrogens is 421 g/mol. The number of hydrogen-bond acceptors (Lipinski definition) is 4. The molecule has 7 heteroatoms. The summed E-state index contributed by atoms with van der Waals surface area (Å²) in [5.74, 6) is 1.00. The van der Waals surface area contributed by atoms with Gasteiger partial charge in [-0.2, -0.15) is 5.10 Å². The number of nitrogens with one attached hydrogen (secondary N) is 1. The standard InChI is InChI=1S/C26H30FN3O3/c1-26(2)14-21(20-16-28-30(22(20)15-26)19-7-5-6-18(27)13-19)29-25(31)11-9-17-8-10-23(32-3)24(12-17)33-4/h5-8,10,12-13,16,21H,9,11,14-15H2,1-4H3,(H,29,31). The Morgan fingerprint density at radius 1 is 1.18 bits per heavy atom. The first-order chi connectivity index (χ1) is 15.8. The summed E-state index contributed by atoms with van der Waals surface area (Å²) < 4.78 is 26.2. The second-order valence-corrected chi connectivity index (χ2v) is 9.29. The zero-order chi connectivity index (χ0) is 23.6. The number of nitrogens with zero attached hydrogens (tertiary/aromatic N) is 2. The summed E-state index contributed by atoms with van der Waals surface area (Å²) in [6.07, 6.45) is 4.38. The van der Waals surface area contributed by atoms with Crippen molar-refractivity contribution >= 4 is 5.91 Å². The van der Waals surface area contributed by atoms with Crippen LogP contribution in [0.25, 0.3) is 5.69 Å². The second kappa shape index (κ2) is 9.25. The van der Waals surface area contributed by atoms with Gasteiger partial charge in [-0.1, -0.05) is 26.0 Å². The van der Waals surface area contributed by atoms with Crippen LogP contribution in [0.15, 0.2) is 48.7 Å². The Morgan fingerprint density at radius 3 is 2.70 bits per heavy atom. The molecule has 3 aromatic rings. The molecular formula is C26H30FN3O3. The van der Waals surface area contributed by atoms with Gasteiger partial charge in [0.05, 0.1) is 37.8 Å². The van der Waals surface area contributed by atoms with Crippen LogP contribution in [0.2, 0.25) is 0 Å². The van der Waals surface area contributed by atoms with E-state index in [0.29, 0.717) is 30.0 Å². The van der Waals surface area contributed by atoms with Gasteiger partial charge < -0.3 is 14.8 Å². The molecule has 6 nitrogen and oxygen atoms in total. The number of methoxy groups -OCH3 is 2. The third kappa shape index (κ3) is 5.02. The number of hydrogen-bond donors (Lipinski definition) is 1. The fourth-order valence-corrected chi connectivity index (χ4v) is 4.56. The lowest BCUT2D eigenvalue weighted by Crippen LogP contribution is -2.36. The Morgan fingerprint density at radius 2 is 1.97 bits per heavy atom. The van der Waals surface area contributed by atoms with Crippen LogP contribution in [0.3, 0.4) is 0 Å². The topological polar surface area (TPSA) is 65.4 Å². The Kier molecular flexibility index (Phi) is 6.40. The van der Waals surface area contributed by atoms with Gasteiger partial charge in [0.15, 0.2) is 11.5 Å².